The molecule has 0 bridgehead atoms. The molecule has 30 heavy (non-hydrogen) atoms. The maximum atomic E-state index is 14.3. The van der Waals surface area contributed by atoms with Crippen LogP contribution in [0.3, 0.4) is 0 Å². The van der Waals surface area contributed by atoms with Gasteiger partial charge in [-0.25, -0.2) is 8.78 Å². The lowest BCUT2D eigenvalue weighted by Crippen LogP contribution is -2.27. The number of fused-ring (bicyclic) bond motifs is 1. The van der Waals surface area contributed by atoms with Crippen molar-refractivity contribution in [1.82, 2.24) is 15.1 Å². The number of carbonyl (C=O) groups excluding carboxylic acids is 2. The number of carbonyl (C=O) groups is 2. The molecule has 2 heterocycles. The zero-order chi connectivity index (χ0) is 21.4. The summed E-state index contributed by atoms with van der Waals surface area (Å²) in [4.78, 5) is 24.4. The molecule has 2 aromatic carbocycles. The van der Waals surface area contributed by atoms with Gasteiger partial charge in [0.05, 0.1) is 11.6 Å². The third-order valence-corrected chi connectivity index (χ3v) is 5.13. The number of rotatable bonds is 4. The van der Waals surface area contributed by atoms with E-state index in [1.54, 1.807) is 7.05 Å². The molecule has 1 aliphatic rings. The van der Waals surface area contributed by atoms with E-state index in [4.69, 9.17) is 0 Å². The Bertz CT molecular complexity index is 1160. The van der Waals surface area contributed by atoms with Crippen molar-refractivity contribution in [3.8, 4) is 11.3 Å². The summed E-state index contributed by atoms with van der Waals surface area (Å²) in [6, 6.07) is 8.47. The molecule has 8 heteroatoms. The second kappa shape index (κ2) is 7.70. The molecule has 1 unspecified atom stereocenters. The number of aromatic nitrogens is 2. The summed E-state index contributed by atoms with van der Waals surface area (Å²) in [6.07, 6.45) is 2.58. The van der Waals surface area contributed by atoms with Gasteiger partial charge in [0.25, 0.3) is 5.91 Å². The highest BCUT2D eigenvalue weighted by Crippen LogP contribution is 2.28. The lowest BCUT2D eigenvalue weighted by atomic mass is 9.97. The van der Waals surface area contributed by atoms with E-state index in [2.05, 4.69) is 15.7 Å². The van der Waals surface area contributed by atoms with Gasteiger partial charge in [0.15, 0.2) is 0 Å². The molecule has 0 spiro atoms. The first-order valence-corrected chi connectivity index (χ1v) is 9.54. The molecule has 0 radical (unpaired) electrons. The molecule has 4 rings (SSSR count). The number of nitrogens with zero attached hydrogens (tertiary/aromatic N) is 2. The van der Waals surface area contributed by atoms with Crippen molar-refractivity contribution in [3.63, 3.8) is 0 Å². The van der Waals surface area contributed by atoms with Gasteiger partial charge >= 0.3 is 0 Å². The zero-order valence-electron chi connectivity index (χ0n) is 16.5. The molecule has 0 saturated heterocycles. The van der Waals surface area contributed by atoms with Crippen molar-refractivity contribution < 1.29 is 18.4 Å². The largest absolute Gasteiger partial charge is 0.345 e. The summed E-state index contributed by atoms with van der Waals surface area (Å²) < 4.78 is 28.9. The number of hydrogen-bond acceptors (Lipinski definition) is 3. The van der Waals surface area contributed by atoms with E-state index >= 15 is 0 Å². The lowest BCUT2D eigenvalue weighted by Gasteiger charge is -2.20. The van der Waals surface area contributed by atoms with Gasteiger partial charge in [0, 0.05) is 37.0 Å². The second-order valence-corrected chi connectivity index (χ2v) is 7.35. The van der Waals surface area contributed by atoms with Crippen LogP contribution in [0.25, 0.3) is 11.3 Å². The molecule has 0 aliphatic carbocycles. The van der Waals surface area contributed by atoms with Gasteiger partial charge in [0.1, 0.15) is 17.3 Å². The van der Waals surface area contributed by atoms with E-state index in [-0.39, 0.29) is 28.8 Å². The number of amides is 2. The first-order valence-electron chi connectivity index (χ1n) is 9.54. The number of anilines is 1. The topological polar surface area (TPSA) is 76.0 Å². The van der Waals surface area contributed by atoms with Gasteiger partial charge in [0.2, 0.25) is 5.91 Å². The zero-order valence-corrected chi connectivity index (χ0v) is 16.5. The predicted molar refractivity (Wildman–Crippen MR) is 108 cm³/mol. The minimum Gasteiger partial charge on any atom is -0.345 e. The number of nitrogens with one attached hydrogen (secondary N) is 2. The molecule has 1 aliphatic heterocycles. The van der Waals surface area contributed by atoms with Crippen molar-refractivity contribution in [1.29, 1.82) is 0 Å². The van der Waals surface area contributed by atoms with Crippen LogP contribution in [0.5, 0.6) is 0 Å². The van der Waals surface area contributed by atoms with Gasteiger partial charge < -0.3 is 10.6 Å². The molecule has 0 saturated carbocycles. The molecule has 1 atom stereocenters. The number of hydrogen-bond donors (Lipinski definition) is 2. The van der Waals surface area contributed by atoms with E-state index < -0.39 is 17.5 Å². The Morgan fingerprint density at radius 1 is 1.20 bits per heavy atom. The van der Waals surface area contributed by atoms with Crippen LogP contribution in [0.15, 0.2) is 42.6 Å². The van der Waals surface area contributed by atoms with Crippen LogP contribution in [0.2, 0.25) is 0 Å². The molecule has 2 amide bonds. The first-order chi connectivity index (χ1) is 14.3. The molecule has 2 N–H and O–H groups in total. The summed E-state index contributed by atoms with van der Waals surface area (Å²) in [5.74, 6) is -1.91. The van der Waals surface area contributed by atoms with E-state index in [0.717, 1.165) is 28.9 Å². The molecule has 1 aromatic heterocycles. The van der Waals surface area contributed by atoms with Gasteiger partial charge in [-0.3, -0.25) is 14.3 Å². The van der Waals surface area contributed by atoms with Gasteiger partial charge in [-0.2, -0.15) is 5.10 Å². The van der Waals surface area contributed by atoms with Crippen LogP contribution in [-0.4, -0.2) is 21.6 Å². The maximum Gasteiger partial charge on any atom is 0.255 e. The van der Waals surface area contributed by atoms with Crippen LogP contribution in [0.1, 0.15) is 40.9 Å². The van der Waals surface area contributed by atoms with Crippen molar-refractivity contribution in [3.05, 3.63) is 70.9 Å². The normalized spacial score (nSPS) is 14.1. The van der Waals surface area contributed by atoms with E-state index in [0.29, 0.717) is 12.8 Å². The Kier molecular flexibility index (Phi) is 5.07. The fourth-order valence-corrected chi connectivity index (χ4v) is 3.57. The molecule has 3 aromatic rings. The Labute approximate surface area is 171 Å². The highest BCUT2D eigenvalue weighted by molar-refractivity contribution is 6.00. The SMILES string of the molecule is CC(NC(=O)c1cn(C)nc1-c1ccc(F)cc1F)c1ccc2c(c1)CCC(=O)N2. The highest BCUT2D eigenvalue weighted by Gasteiger charge is 2.22. The Balaban J connectivity index is 1.58. The van der Waals surface area contributed by atoms with E-state index in [9.17, 15) is 18.4 Å². The third-order valence-electron chi connectivity index (χ3n) is 5.13. The van der Waals surface area contributed by atoms with Gasteiger partial charge in [-0.15, -0.1) is 0 Å². The summed E-state index contributed by atoms with van der Waals surface area (Å²) in [5, 5.41) is 9.93. The van der Waals surface area contributed by atoms with Crippen molar-refractivity contribution in [2.75, 3.05) is 5.32 Å². The summed E-state index contributed by atoms with van der Waals surface area (Å²) in [6.45, 7) is 1.84. The van der Waals surface area contributed by atoms with Crippen LogP contribution >= 0.6 is 0 Å². The van der Waals surface area contributed by atoms with Crippen molar-refractivity contribution in [2.24, 2.45) is 7.05 Å². The van der Waals surface area contributed by atoms with Crippen molar-refractivity contribution in [2.45, 2.75) is 25.8 Å². The number of benzene rings is 2. The quantitative estimate of drug-likeness (QED) is 0.688. The second-order valence-electron chi connectivity index (χ2n) is 7.35. The lowest BCUT2D eigenvalue weighted by molar-refractivity contribution is -0.116. The van der Waals surface area contributed by atoms with Crippen molar-refractivity contribution >= 4 is 17.5 Å². The number of halogens is 2. The highest BCUT2D eigenvalue weighted by atomic mass is 19.1. The summed E-state index contributed by atoms with van der Waals surface area (Å²) >= 11 is 0. The maximum absolute atomic E-state index is 14.3. The van der Waals surface area contributed by atoms with Crippen LogP contribution in [-0.2, 0) is 18.3 Å². The number of aryl methyl sites for hydroxylation is 2. The van der Waals surface area contributed by atoms with Crippen LogP contribution in [0.4, 0.5) is 14.5 Å². The minimum absolute atomic E-state index is 0.00580. The van der Waals surface area contributed by atoms with Crippen LogP contribution < -0.4 is 10.6 Å². The average Bonchev–Trinajstić information content (AvgIpc) is 3.09. The predicted octanol–water partition coefficient (Wildman–Crippen LogP) is 3.74. The standard InChI is InChI=1S/C22H20F2N4O2/c1-12(13-3-7-19-14(9-13)4-8-20(29)26-19)25-22(30)17-11-28(2)27-21(17)16-6-5-15(23)10-18(16)24/h3,5-7,9-12H,4,8H2,1-2H3,(H,25,30)(H,26,29). The minimum atomic E-state index is -0.785. The fourth-order valence-electron chi connectivity index (χ4n) is 3.57. The Hall–Kier alpha value is -3.55. The van der Waals surface area contributed by atoms with E-state index in [1.165, 1.54) is 16.9 Å². The molecular formula is C22H20F2N4O2. The molecule has 154 valence electrons. The fraction of sp³-hybridized carbons (Fsp3) is 0.227. The first kappa shape index (κ1) is 19.8. The Morgan fingerprint density at radius 2 is 2.00 bits per heavy atom. The molecule has 0 fully saturated rings. The monoisotopic (exact) mass is 410 g/mol. The van der Waals surface area contributed by atoms with Gasteiger partial charge in [-0.1, -0.05) is 12.1 Å². The summed E-state index contributed by atoms with van der Waals surface area (Å²) in [5.41, 5.74) is 3.09. The smallest absolute Gasteiger partial charge is 0.255 e. The average molecular weight is 410 g/mol. The Morgan fingerprint density at radius 3 is 2.77 bits per heavy atom. The van der Waals surface area contributed by atoms with E-state index in [1.807, 2.05) is 25.1 Å². The van der Waals surface area contributed by atoms with Gasteiger partial charge in [-0.05, 0) is 42.7 Å². The molecular weight excluding hydrogens is 390 g/mol. The molecule has 6 nitrogen and oxygen atoms in total. The summed E-state index contributed by atoms with van der Waals surface area (Å²) in [7, 11) is 1.63. The van der Waals surface area contributed by atoms with Crippen LogP contribution in [0, 0.1) is 11.6 Å². The third kappa shape index (κ3) is 3.80.